The molecule has 6 nitrogen and oxygen atoms in total. The molecule has 1 heterocycles. The van der Waals surface area contributed by atoms with Gasteiger partial charge in [0.25, 0.3) is 0 Å². The second-order valence-corrected chi connectivity index (χ2v) is 6.56. The molecule has 0 aliphatic heterocycles. The number of nitrogens with zero attached hydrogens (tertiary/aromatic N) is 3. The first-order chi connectivity index (χ1) is 12.2. The fourth-order valence-electron chi connectivity index (χ4n) is 3.22. The van der Waals surface area contributed by atoms with Crippen molar-refractivity contribution in [2.45, 2.75) is 31.7 Å². The van der Waals surface area contributed by atoms with Crippen LogP contribution in [0.1, 0.15) is 25.7 Å². The minimum atomic E-state index is -0.150. The highest BCUT2D eigenvalue weighted by Crippen LogP contribution is 2.27. The van der Waals surface area contributed by atoms with Crippen LogP contribution in [0.15, 0.2) is 42.7 Å². The number of carbonyl (C=O) groups is 1. The summed E-state index contributed by atoms with van der Waals surface area (Å²) in [6.45, 7) is 0.244. The molecule has 1 saturated carbocycles. The van der Waals surface area contributed by atoms with Crippen LogP contribution in [0.5, 0.6) is 0 Å². The monoisotopic (exact) mass is 340 g/mol. The number of aliphatic hydroxyl groups is 1. The second kappa shape index (κ2) is 8.07. The van der Waals surface area contributed by atoms with Crippen molar-refractivity contribution in [1.82, 2.24) is 14.9 Å². The van der Waals surface area contributed by atoms with Crippen LogP contribution in [-0.4, -0.2) is 45.7 Å². The Labute approximate surface area is 147 Å². The number of nitrogens with one attached hydrogen (secondary N) is 1. The lowest BCUT2D eigenvalue weighted by molar-refractivity contribution is 0.139. The van der Waals surface area contributed by atoms with Gasteiger partial charge in [0.05, 0.1) is 18.1 Å². The zero-order valence-electron chi connectivity index (χ0n) is 14.4. The van der Waals surface area contributed by atoms with Crippen molar-refractivity contribution in [3.05, 3.63) is 42.7 Å². The molecule has 3 rings (SSSR count). The third-order valence-electron chi connectivity index (χ3n) is 4.88. The lowest BCUT2D eigenvalue weighted by Gasteiger charge is -2.34. The van der Waals surface area contributed by atoms with E-state index in [0.717, 1.165) is 31.2 Å². The summed E-state index contributed by atoms with van der Waals surface area (Å²) in [4.78, 5) is 22.8. The lowest BCUT2D eigenvalue weighted by Crippen LogP contribution is -2.42. The number of aromatic nitrogens is 2. The van der Waals surface area contributed by atoms with Gasteiger partial charge in [-0.15, -0.1) is 0 Å². The van der Waals surface area contributed by atoms with Gasteiger partial charge in [0.1, 0.15) is 0 Å². The molecule has 1 aromatic carbocycles. The van der Waals surface area contributed by atoms with Crippen molar-refractivity contribution in [3.8, 4) is 11.4 Å². The number of hydrogen-bond acceptors (Lipinski definition) is 4. The molecule has 0 atom stereocenters. The standard InChI is InChI=1S/C19H24N4O2/c1-23(17-9-7-14(13-24)8-10-17)19(25)22-16-11-20-18(21-12-16)15-5-3-2-4-6-15/h2-6,11-12,14,17,24H,7-10,13H2,1H3,(H,22,25). The summed E-state index contributed by atoms with van der Waals surface area (Å²) in [7, 11) is 1.82. The number of urea groups is 1. The van der Waals surface area contributed by atoms with Gasteiger partial charge in [-0.2, -0.15) is 0 Å². The summed E-state index contributed by atoms with van der Waals surface area (Å²) < 4.78 is 0. The number of anilines is 1. The van der Waals surface area contributed by atoms with Crippen molar-refractivity contribution in [1.29, 1.82) is 0 Å². The van der Waals surface area contributed by atoms with Gasteiger partial charge in [-0.25, -0.2) is 14.8 Å². The molecule has 0 radical (unpaired) electrons. The van der Waals surface area contributed by atoms with E-state index in [1.54, 1.807) is 17.3 Å². The van der Waals surface area contributed by atoms with E-state index in [-0.39, 0.29) is 18.7 Å². The predicted octanol–water partition coefficient (Wildman–Crippen LogP) is 3.16. The highest BCUT2D eigenvalue weighted by Gasteiger charge is 2.26. The van der Waals surface area contributed by atoms with Crippen LogP contribution in [0.2, 0.25) is 0 Å². The number of rotatable bonds is 4. The maximum Gasteiger partial charge on any atom is 0.321 e. The highest BCUT2D eigenvalue weighted by atomic mass is 16.3. The Bertz CT molecular complexity index is 682. The number of amides is 2. The van der Waals surface area contributed by atoms with Crippen LogP contribution in [0.3, 0.4) is 0 Å². The summed E-state index contributed by atoms with van der Waals surface area (Å²) in [5.41, 5.74) is 1.53. The van der Waals surface area contributed by atoms with E-state index in [1.165, 1.54) is 0 Å². The predicted molar refractivity (Wildman–Crippen MR) is 97.1 cm³/mol. The number of hydrogen-bond donors (Lipinski definition) is 2. The molecule has 0 bridgehead atoms. The van der Waals surface area contributed by atoms with Crippen LogP contribution >= 0.6 is 0 Å². The van der Waals surface area contributed by atoms with Gasteiger partial charge in [-0.3, -0.25) is 0 Å². The highest BCUT2D eigenvalue weighted by molar-refractivity contribution is 5.89. The van der Waals surface area contributed by atoms with Crippen molar-refractivity contribution in [2.75, 3.05) is 19.0 Å². The van der Waals surface area contributed by atoms with E-state index >= 15 is 0 Å². The molecule has 1 aliphatic carbocycles. The van der Waals surface area contributed by atoms with E-state index in [0.29, 0.717) is 17.4 Å². The zero-order valence-corrected chi connectivity index (χ0v) is 14.4. The fourth-order valence-corrected chi connectivity index (χ4v) is 3.22. The lowest BCUT2D eigenvalue weighted by atomic mass is 9.86. The topological polar surface area (TPSA) is 78.4 Å². The Hall–Kier alpha value is -2.47. The Morgan fingerprint density at radius 2 is 1.80 bits per heavy atom. The van der Waals surface area contributed by atoms with Crippen molar-refractivity contribution >= 4 is 11.7 Å². The minimum Gasteiger partial charge on any atom is -0.396 e. The smallest absolute Gasteiger partial charge is 0.321 e. The summed E-state index contributed by atoms with van der Waals surface area (Å²) in [5.74, 6) is 1.01. The molecule has 2 amide bonds. The molecule has 1 aromatic heterocycles. The molecule has 1 aliphatic rings. The van der Waals surface area contributed by atoms with Crippen LogP contribution in [0, 0.1) is 5.92 Å². The summed E-state index contributed by atoms with van der Waals surface area (Å²) in [6, 6.07) is 9.79. The van der Waals surface area contributed by atoms with Gasteiger partial charge in [0.2, 0.25) is 0 Å². The van der Waals surface area contributed by atoms with E-state index < -0.39 is 0 Å². The SMILES string of the molecule is CN(C(=O)Nc1cnc(-c2ccccc2)nc1)C1CCC(CO)CC1. The van der Waals surface area contributed by atoms with Gasteiger partial charge in [0.15, 0.2) is 5.82 Å². The van der Waals surface area contributed by atoms with Crippen molar-refractivity contribution in [2.24, 2.45) is 5.92 Å². The molecular formula is C19H24N4O2. The summed E-state index contributed by atoms with van der Waals surface area (Å²) in [5, 5.41) is 12.1. The zero-order chi connectivity index (χ0) is 17.6. The first-order valence-electron chi connectivity index (χ1n) is 8.69. The van der Waals surface area contributed by atoms with E-state index in [9.17, 15) is 9.90 Å². The molecule has 2 N–H and O–H groups in total. The fraction of sp³-hybridized carbons (Fsp3) is 0.421. The van der Waals surface area contributed by atoms with Crippen molar-refractivity contribution < 1.29 is 9.90 Å². The first kappa shape index (κ1) is 17.4. The van der Waals surface area contributed by atoms with Crippen LogP contribution in [0.4, 0.5) is 10.5 Å². The maximum atomic E-state index is 12.4. The third kappa shape index (κ3) is 4.33. The van der Waals surface area contributed by atoms with E-state index in [4.69, 9.17) is 0 Å². The normalized spacial score (nSPS) is 20.1. The Morgan fingerprint density at radius 1 is 1.16 bits per heavy atom. The Kier molecular flexibility index (Phi) is 5.60. The largest absolute Gasteiger partial charge is 0.396 e. The molecule has 2 aromatic rings. The quantitative estimate of drug-likeness (QED) is 0.896. The molecule has 0 unspecified atom stereocenters. The van der Waals surface area contributed by atoms with Crippen LogP contribution in [-0.2, 0) is 0 Å². The number of carbonyl (C=O) groups excluding carboxylic acids is 1. The van der Waals surface area contributed by atoms with Crippen molar-refractivity contribution in [3.63, 3.8) is 0 Å². The van der Waals surface area contributed by atoms with Gasteiger partial charge in [0, 0.05) is 25.3 Å². The number of aliphatic hydroxyl groups excluding tert-OH is 1. The first-order valence-corrected chi connectivity index (χ1v) is 8.69. The average Bonchev–Trinajstić information content (AvgIpc) is 2.68. The minimum absolute atomic E-state index is 0.150. The van der Waals surface area contributed by atoms with Gasteiger partial charge >= 0.3 is 6.03 Å². The van der Waals surface area contributed by atoms with Crippen LogP contribution in [0.25, 0.3) is 11.4 Å². The van der Waals surface area contributed by atoms with Gasteiger partial charge in [-0.1, -0.05) is 30.3 Å². The molecule has 6 heteroatoms. The van der Waals surface area contributed by atoms with Gasteiger partial charge in [-0.05, 0) is 31.6 Å². The van der Waals surface area contributed by atoms with E-state index in [2.05, 4.69) is 15.3 Å². The molecule has 0 saturated heterocycles. The maximum absolute atomic E-state index is 12.4. The Balaban J connectivity index is 1.57. The third-order valence-corrected chi connectivity index (χ3v) is 4.88. The van der Waals surface area contributed by atoms with E-state index in [1.807, 2.05) is 37.4 Å². The number of benzene rings is 1. The molecule has 132 valence electrons. The molecule has 25 heavy (non-hydrogen) atoms. The summed E-state index contributed by atoms with van der Waals surface area (Å²) in [6.07, 6.45) is 7.05. The molecule has 1 fully saturated rings. The Morgan fingerprint density at radius 3 is 2.40 bits per heavy atom. The molecule has 0 spiro atoms. The summed E-state index contributed by atoms with van der Waals surface area (Å²) >= 11 is 0. The van der Waals surface area contributed by atoms with Crippen LogP contribution < -0.4 is 5.32 Å². The molecular weight excluding hydrogens is 316 g/mol. The van der Waals surface area contributed by atoms with Gasteiger partial charge < -0.3 is 15.3 Å². The second-order valence-electron chi connectivity index (χ2n) is 6.56. The average molecular weight is 340 g/mol.